The van der Waals surface area contributed by atoms with Crippen molar-refractivity contribution in [2.24, 2.45) is 0 Å². The van der Waals surface area contributed by atoms with Crippen LogP contribution in [-0.4, -0.2) is 21.9 Å². The molecule has 132 valence electrons. The first-order chi connectivity index (χ1) is 11.9. The van der Waals surface area contributed by atoms with Crippen molar-refractivity contribution in [2.45, 2.75) is 37.9 Å². The summed E-state index contributed by atoms with van der Waals surface area (Å²) in [6, 6.07) is 5.15. The van der Waals surface area contributed by atoms with Crippen LogP contribution in [0, 0.1) is 0 Å². The summed E-state index contributed by atoms with van der Waals surface area (Å²) in [4.78, 5) is 20.3. The van der Waals surface area contributed by atoms with Crippen molar-refractivity contribution in [1.82, 2.24) is 9.97 Å². The molecule has 1 saturated carbocycles. The molecule has 1 fully saturated rings. The van der Waals surface area contributed by atoms with Gasteiger partial charge in [-0.15, -0.1) is 0 Å². The molecule has 0 spiro atoms. The molecule has 1 aromatic carbocycles. The fourth-order valence-electron chi connectivity index (χ4n) is 2.81. The van der Waals surface area contributed by atoms with Gasteiger partial charge in [0.25, 0.3) is 5.91 Å². The highest BCUT2D eigenvalue weighted by Gasteiger charge is 2.33. The summed E-state index contributed by atoms with van der Waals surface area (Å²) >= 11 is 0. The average Bonchev–Trinajstić information content (AvgIpc) is 3.08. The van der Waals surface area contributed by atoms with Crippen LogP contribution in [-0.2, 0) is 6.18 Å². The molecule has 2 aromatic rings. The first kappa shape index (κ1) is 17.2. The van der Waals surface area contributed by atoms with Gasteiger partial charge in [0.2, 0.25) is 5.95 Å². The molecule has 1 aliphatic rings. The van der Waals surface area contributed by atoms with Crippen LogP contribution in [0.25, 0.3) is 0 Å². The standard InChI is InChI=1S/C17H17F3N4O/c18-17(19,20)13-7-3-4-8-14(13)24-15(25)11-9-21-16(22-10-11)23-12-5-1-2-6-12/h3-4,7-10,12H,1-2,5-6H2,(H,24,25)(H,21,22,23). The second-order valence-corrected chi connectivity index (χ2v) is 5.92. The summed E-state index contributed by atoms with van der Waals surface area (Å²) in [5, 5.41) is 5.45. The molecule has 25 heavy (non-hydrogen) atoms. The van der Waals surface area contributed by atoms with E-state index in [1.54, 1.807) is 0 Å². The largest absolute Gasteiger partial charge is 0.418 e. The molecular weight excluding hydrogens is 333 g/mol. The van der Waals surface area contributed by atoms with Gasteiger partial charge in [-0.25, -0.2) is 9.97 Å². The number of hydrogen-bond donors (Lipinski definition) is 2. The van der Waals surface area contributed by atoms with E-state index in [0.29, 0.717) is 12.0 Å². The van der Waals surface area contributed by atoms with Gasteiger partial charge >= 0.3 is 6.18 Å². The summed E-state index contributed by atoms with van der Waals surface area (Å²) in [7, 11) is 0. The molecule has 1 amide bonds. The number of nitrogens with one attached hydrogen (secondary N) is 2. The highest BCUT2D eigenvalue weighted by Crippen LogP contribution is 2.34. The second-order valence-electron chi connectivity index (χ2n) is 5.92. The Morgan fingerprint density at radius 3 is 2.36 bits per heavy atom. The lowest BCUT2D eigenvalue weighted by molar-refractivity contribution is -0.136. The third kappa shape index (κ3) is 4.26. The number of anilines is 2. The van der Waals surface area contributed by atoms with E-state index in [9.17, 15) is 18.0 Å². The number of alkyl halides is 3. The second kappa shape index (κ2) is 7.08. The third-order valence-electron chi connectivity index (χ3n) is 4.08. The Morgan fingerprint density at radius 1 is 1.08 bits per heavy atom. The van der Waals surface area contributed by atoms with E-state index in [1.807, 2.05) is 0 Å². The molecule has 0 aliphatic heterocycles. The molecule has 0 saturated heterocycles. The van der Waals surface area contributed by atoms with E-state index < -0.39 is 17.6 Å². The lowest BCUT2D eigenvalue weighted by atomic mass is 10.1. The number of carbonyl (C=O) groups excluding carboxylic acids is 1. The van der Waals surface area contributed by atoms with Gasteiger partial charge in [-0.1, -0.05) is 25.0 Å². The molecule has 3 rings (SSSR count). The van der Waals surface area contributed by atoms with Crippen molar-refractivity contribution in [3.05, 3.63) is 47.8 Å². The lowest BCUT2D eigenvalue weighted by Crippen LogP contribution is -2.19. The predicted octanol–water partition coefficient (Wildman–Crippen LogP) is 4.10. The van der Waals surface area contributed by atoms with E-state index in [1.165, 1.54) is 30.6 Å². The van der Waals surface area contributed by atoms with Crippen LogP contribution in [0.5, 0.6) is 0 Å². The number of amides is 1. The fraction of sp³-hybridized carbons (Fsp3) is 0.353. The van der Waals surface area contributed by atoms with Crippen LogP contribution in [0.1, 0.15) is 41.6 Å². The molecule has 2 N–H and O–H groups in total. The minimum atomic E-state index is -4.55. The van der Waals surface area contributed by atoms with Gasteiger partial charge < -0.3 is 10.6 Å². The first-order valence-corrected chi connectivity index (χ1v) is 7.99. The van der Waals surface area contributed by atoms with Crippen molar-refractivity contribution in [1.29, 1.82) is 0 Å². The number of halogens is 3. The third-order valence-corrected chi connectivity index (χ3v) is 4.08. The molecular formula is C17H17F3N4O. The van der Waals surface area contributed by atoms with Crippen LogP contribution >= 0.6 is 0 Å². The number of benzene rings is 1. The van der Waals surface area contributed by atoms with Crippen molar-refractivity contribution in [3.8, 4) is 0 Å². The average molecular weight is 350 g/mol. The highest BCUT2D eigenvalue weighted by molar-refractivity contribution is 6.04. The molecule has 0 bridgehead atoms. The summed E-state index contributed by atoms with van der Waals surface area (Å²) in [6.45, 7) is 0. The minimum absolute atomic E-state index is 0.0916. The summed E-state index contributed by atoms with van der Waals surface area (Å²) < 4.78 is 38.9. The van der Waals surface area contributed by atoms with Gasteiger partial charge in [-0.3, -0.25) is 4.79 Å². The number of rotatable bonds is 4. The number of carbonyl (C=O) groups is 1. The van der Waals surface area contributed by atoms with Crippen molar-refractivity contribution < 1.29 is 18.0 Å². The smallest absolute Gasteiger partial charge is 0.351 e. The van der Waals surface area contributed by atoms with E-state index in [2.05, 4.69) is 20.6 Å². The van der Waals surface area contributed by atoms with Gasteiger partial charge in [0.05, 0.1) is 16.8 Å². The van der Waals surface area contributed by atoms with Crippen LogP contribution in [0.15, 0.2) is 36.7 Å². The number of para-hydroxylation sites is 1. The molecule has 1 heterocycles. The number of hydrogen-bond acceptors (Lipinski definition) is 4. The van der Waals surface area contributed by atoms with Gasteiger partial charge in [-0.2, -0.15) is 13.2 Å². The zero-order chi connectivity index (χ0) is 17.9. The molecule has 1 aliphatic carbocycles. The molecule has 5 nitrogen and oxygen atoms in total. The summed E-state index contributed by atoms with van der Waals surface area (Å²) in [5.74, 6) is -0.275. The van der Waals surface area contributed by atoms with Crippen molar-refractivity contribution in [2.75, 3.05) is 10.6 Å². The minimum Gasteiger partial charge on any atom is -0.351 e. The Balaban J connectivity index is 1.69. The quantitative estimate of drug-likeness (QED) is 0.871. The number of nitrogens with zero attached hydrogens (tertiary/aromatic N) is 2. The lowest BCUT2D eigenvalue weighted by Gasteiger charge is -2.14. The van der Waals surface area contributed by atoms with Gasteiger partial charge in [-0.05, 0) is 25.0 Å². The fourth-order valence-corrected chi connectivity index (χ4v) is 2.81. The van der Waals surface area contributed by atoms with Crippen LogP contribution in [0.3, 0.4) is 0 Å². The monoisotopic (exact) mass is 350 g/mol. The van der Waals surface area contributed by atoms with Crippen LogP contribution in [0.2, 0.25) is 0 Å². The Labute approximate surface area is 142 Å². The maximum Gasteiger partial charge on any atom is 0.418 e. The van der Waals surface area contributed by atoms with E-state index >= 15 is 0 Å². The molecule has 0 radical (unpaired) electrons. The molecule has 1 aromatic heterocycles. The summed E-state index contributed by atoms with van der Waals surface area (Å²) in [5.41, 5.74) is -1.11. The van der Waals surface area contributed by atoms with Crippen LogP contribution in [0.4, 0.5) is 24.8 Å². The Morgan fingerprint density at radius 2 is 1.72 bits per heavy atom. The number of aromatic nitrogens is 2. The van der Waals surface area contributed by atoms with E-state index in [4.69, 9.17) is 0 Å². The van der Waals surface area contributed by atoms with E-state index in [0.717, 1.165) is 31.7 Å². The maximum atomic E-state index is 13.0. The Kier molecular flexibility index (Phi) is 4.87. The first-order valence-electron chi connectivity index (χ1n) is 7.99. The predicted molar refractivity (Wildman–Crippen MR) is 87.3 cm³/mol. The van der Waals surface area contributed by atoms with E-state index in [-0.39, 0.29) is 11.3 Å². The van der Waals surface area contributed by atoms with Crippen molar-refractivity contribution >= 4 is 17.5 Å². The maximum absolute atomic E-state index is 13.0. The molecule has 0 unspecified atom stereocenters. The van der Waals surface area contributed by atoms with Gasteiger partial charge in [0.15, 0.2) is 0 Å². The van der Waals surface area contributed by atoms with Crippen LogP contribution < -0.4 is 10.6 Å². The van der Waals surface area contributed by atoms with Gasteiger partial charge in [0, 0.05) is 18.4 Å². The molecule has 0 atom stereocenters. The van der Waals surface area contributed by atoms with Gasteiger partial charge in [0.1, 0.15) is 0 Å². The topological polar surface area (TPSA) is 66.9 Å². The molecule has 8 heteroatoms. The van der Waals surface area contributed by atoms with Crippen molar-refractivity contribution in [3.63, 3.8) is 0 Å². The SMILES string of the molecule is O=C(Nc1ccccc1C(F)(F)F)c1cnc(NC2CCCC2)nc1. The summed E-state index contributed by atoms with van der Waals surface area (Å²) in [6.07, 6.45) is 2.49. The zero-order valence-corrected chi connectivity index (χ0v) is 13.3. The highest BCUT2D eigenvalue weighted by atomic mass is 19.4. The zero-order valence-electron chi connectivity index (χ0n) is 13.3. The Bertz CT molecular complexity index is 740. The Hall–Kier alpha value is -2.64. The normalized spacial score (nSPS) is 15.2.